The molecule has 0 aliphatic rings. The summed E-state index contributed by atoms with van der Waals surface area (Å²) in [6.45, 7) is 0.165. The highest BCUT2D eigenvalue weighted by Crippen LogP contribution is 2.37. The monoisotopic (exact) mass is 392 g/mol. The topological polar surface area (TPSA) is 18.5 Å². The number of methoxy groups -OCH3 is 1. The van der Waals surface area contributed by atoms with Crippen LogP contribution in [0, 0.1) is 5.82 Å². The van der Waals surface area contributed by atoms with Crippen molar-refractivity contribution in [1.82, 2.24) is 0 Å². The molecule has 0 bridgehead atoms. The molecule has 0 aliphatic heterocycles. The molecule has 0 aromatic heterocycles. The highest BCUT2D eigenvalue weighted by atomic mass is 79.9. The zero-order chi connectivity index (χ0) is 15.4. The van der Waals surface area contributed by atoms with Gasteiger partial charge in [0, 0.05) is 5.33 Å². The molecule has 0 atom stereocenters. The van der Waals surface area contributed by atoms with Crippen molar-refractivity contribution in [3.05, 3.63) is 57.3 Å². The molecule has 0 unspecified atom stereocenters. The van der Waals surface area contributed by atoms with E-state index in [2.05, 4.69) is 15.9 Å². The van der Waals surface area contributed by atoms with Crippen LogP contribution in [0.1, 0.15) is 11.1 Å². The van der Waals surface area contributed by atoms with Gasteiger partial charge < -0.3 is 9.47 Å². The van der Waals surface area contributed by atoms with E-state index in [4.69, 9.17) is 32.7 Å². The van der Waals surface area contributed by atoms with Crippen molar-refractivity contribution in [2.24, 2.45) is 0 Å². The largest absolute Gasteiger partial charge is 0.493 e. The molecule has 0 amide bonds. The lowest BCUT2D eigenvalue weighted by Crippen LogP contribution is -2.00. The molecule has 6 heteroatoms. The Morgan fingerprint density at radius 2 is 1.86 bits per heavy atom. The van der Waals surface area contributed by atoms with Crippen LogP contribution in [0.4, 0.5) is 4.39 Å². The Hall–Kier alpha value is -0.970. The summed E-state index contributed by atoms with van der Waals surface area (Å²) in [6.07, 6.45) is 0. The standard InChI is InChI=1S/C15H12BrCl2FO2/c1-20-14-6-10(7-16)4-12(18)15(14)21-8-9-2-3-11(17)13(19)5-9/h2-6H,7-8H2,1H3. The molecule has 0 heterocycles. The Labute approximate surface area is 140 Å². The molecule has 0 N–H and O–H groups in total. The van der Waals surface area contributed by atoms with Crippen LogP contribution >= 0.6 is 39.1 Å². The van der Waals surface area contributed by atoms with Crippen LogP contribution in [0.15, 0.2) is 30.3 Å². The van der Waals surface area contributed by atoms with Gasteiger partial charge in [0.2, 0.25) is 0 Å². The molecule has 2 rings (SSSR count). The highest BCUT2D eigenvalue weighted by Gasteiger charge is 2.12. The van der Waals surface area contributed by atoms with E-state index in [0.717, 1.165) is 5.56 Å². The van der Waals surface area contributed by atoms with E-state index < -0.39 is 5.82 Å². The predicted molar refractivity (Wildman–Crippen MR) is 86.4 cm³/mol. The average Bonchev–Trinajstić information content (AvgIpc) is 2.48. The van der Waals surface area contributed by atoms with E-state index in [9.17, 15) is 4.39 Å². The van der Waals surface area contributed by atoms with E-state index in [-0.39, 0.29) is 11.6 Å². The molecule has 0 aliphatic carbocycles. The predicted octanol–water partition coefficient (Wildman–Crippen LogP) is 5.62. The van der Waals surface area contributed by atoms with Gasteiger partial charge in [-0.3, -0.25) is 0 Å². The summed E-state index contributed by atoms with van der Waals surface area (Å²) >= 11 is 15.2. The van der Waals surface area contributed by atoms with Crippen LogP contribution in [0.2, 0.25) is 10.0 Å². The second kappa shape index (κ2) is 7.34. The molecule has 0 spiro atoms. The third-order valence-corrected chi connectivity index (χ3v) is 4.05. The van der Waals surface area contributed by atoms with Crippen LogP contribution in [-0.2, 0) is 11.9 Å². The first kappa shape index (κ1) is 16.4. The molecule has 0 fully saturated rings. The lowest BCUT2D eigenvalue weighted by Gasteiger charge is -2.14. The summed E-state index contributed by atoms with van der Waals surface area (Å²) in [5.41, 5.74) is 1.63. The lowest BCUT2D eigenvalue weighted by molar-refractivity contribution is 0.284. The normalized spacial score (nSPS) is 10.5. The highest BCUT2D eigenvalue weighted by molar-refractivity contribution is 9.08. The Balaban J connectivity index is 2.21. The van der Waals surface area contributed by atoms with Crippen molar-refractivity contribution in [2.75, 3.05) is 7.11 Å². The molecule has 2 aromatic rings. The molecule has 2 nitrogen and oxygen atoms in total. The smallest absolute Gasteiger partial charge is 0.180 e. The quantitative estimate of drug-likeness (QED) is 0.614. The zero-order valence-electron chi connectivity index (χ0n) is 11.1. The minimum Gasteiger partial charge on any atom is -0.493 e. The third kappa shape index (κ3) is 4.02. The fraction of sp³-hybridized carbons (Fsp3) is 0.200. The average molecular weight is 394 g/mol. The fourth-order valence-corrected chi connectivity index (χ4v) is 2.50. The van der Waals surface area contributed by atoms with E-state index in [0.29, 0.717) is 27.4 Å². The second-order valence-corrected chi connectivity index (χ2v) is 5.65. The molecular formula is C15H12BrCl2FO2. The van der Waals surface area contributed by atoms with Gasteiger partial charge in [-0.2, -0.15) is 0 Å². The van der Waals surface area contributed by atoms with Crippen molar-refractivity contribution < 1.29 is 13.9 Å². The molecule has 112 valence electrons. The molecule has 0 saturated heterocycles. The number of benzene rings is 2. The van der Waals surface area contributed by atoms with Crippen molar-refractivity contribution in [3.8, 4) is 11.5 Å². The summed E-state index contributed by atoms with van der Waals surface area (Å²) in [7, 11) is 1.54. The Morgan fingerprint density at radius 3 is 2.48 bits per heavy atom. The SMILES string of the molecule is COc1cc(CBr)cc(Cl)c1OCc1ccc(Cl)c(F)c1. The summed E-state index contributed by atoms with van der Waals surface area (Å²) in [6, 6.07) is 8.13. The van der Waals surface area contributed by atoms with Gasteiger partial charge in [-0.05, 0) is 35.4 Å². The first-order chi connectivity index (χ1) is 10.0. The summed E-state index contributed by atoms with van der Waals surface area (Å²) in [5.74, 6) is 0.482. The van der Waals surface area contributed by atoms with Gasteiger partial charge in [0.15, 0.2) is 11.5 Å². The maximum absolute atomic E-state index is 13.4. The van der Waals surface area contributed by atoms with Gasteiger partial charge in [-0.15, -0.1) is 0 Å². The van der Waals surface area contributed by atoms with Gasteiger partial charge in [-0.25, -0.2) is 4.39 Å². The van der Waals surface area contributed by atoms with E-state index in [1.807, 2.05) is 6.07 Å². The van der Waals surface area contributed by atoms with Crippen molar-refractivity contribution >= 4 is 39.1 Å². The second-order valence-electron chi connectivity index (χ2n) is 4.28. The van der Waals surface area contributed by atoms with Gasteiger partial charge in [0.1, 0.15) is 12.4 Å². The van der Waals surface area contributed by atoms with E-state index in [1.54, 1.807) is 19.2 Å². The van der Waals surface area contributed by atoms with Crippen LogP contribution in [0.5, 0.6) is 11.5 Å². The number of hydrogen-bond donors (Lipinski definition) is 0. The minimum absolute atomic E-state index is 0.0797. The lowest BCUT2D eigenvalue weighted by atomic mass is 10.2. The number of alkyl halides is 1. The van der Waals surface area contributed by atoms with Gasteiger partial charge >= 0.3 is 0 Å². The van der Waals surface area contributed by atoms with Crippen molar-refractivity contribution in [1.29, 1.82) is 0 Å². The Bertz CT molecular complexity index is 650. The minimum atomic E-state index is -0.481. The number of ether oxygens (including phenoxy) is 2. The first-order valence-electron chi connectivity index (χ1n) is 6.04. The summed E-state index contributed by atoms with van der Waals surface area (Å²) in [5, 5.41) is 1.18. The zero-order valence-corrected chi connectivity index (χ0v) is 14.2. The van der Waals surface area contributed by atoms with Crippen molar-refractivity contribution in [3.63, 3.8) is 0 Å². The Morgan fingerprint density at radius 1 is 1.10 bits per heavy atom. The number of rotatable bonds is 5. The van der Waals surface area contributed by atoms with Crippen LogP contribution in [0.3, 0.4) is 0 Å². The van der Waals surface area contributed by atoms with Crippen LogP contribution in [-0.4, -0.2) is 7.11 Å². The maximum Gasteiger partial charge on any atom is 0.180 e. The molecule has 0 radical (unpaired) electrons. The van der Waals surface area contributed by atoms with E-state index >= 15 is 0 Å². The van der Waals surface area contributed by atoms with Gasteiger partial charge in [-0.1, -0.05) is 45.2 Å². The summed E-state index contributed by atoms with van der Waals surface area (Å²) < 4.78 is 24.3. The van der Waals surface area contributed by atoms with Gasteiger partial charge in [0.25, 0.3) is 0 Å². The third-order valence-electron chi connectivity index (χ3n) is 2.81. The number of hydrogen-bond acceptors (Lipinski definition) is 2. The van der Waals surface area contributed by atoms with Crippen LogP contribution in [0.25, 0.3) is 0 Å². The summed E-state index contributed by atoms with van der Waals surface area (Å²) in [4.78, 5) is 0. The molecule has 21 heavy (non-hydrogen) atoms. The van der Waals surface area contributed by atoms with Gasteiger partial charge in [0.05, 0.1) is 17.2 Å². The fourth-order valence-electron chi connectivity index (χ4n) is 1.78. The molecule has 2 aromatic carbocycles. The molecular weight excluding hydrogens is 382 g/mol. The Kier molecular flexibility index (Phi) is 5.73. The van der Waals surface area contributed by atoms with Crippen LogP contribution < -0.4 is 9.47 Å². The number of halogens is 4. The first-order valence-corrected chi connectivity index (χ1v) is 7.92. The van der Waals surface area contributed by atoms with Crippen molar-refractivity contribution in [2.45, 2.75) is 11.9 Å². The molecule has 0 saturated carbocycles. The maximum atomic E-state index is 13.4. The van der Waals surface area contributed by atoms with E-state index in [1.165, 1.54) is 12.1 Å².